The van der Waals surface area contributed by atoms with E-state index in [0.29, 0.717) is 11.8 Å². The minimum Gasteiger partial charge on any atom is -0.393 e. The first-order valence-corrected chi connectivity index (χ1v) is 5.47. The van der Waals surface area contributed by atoms with Crippen molar-refractivity contribution >= 4 is 0 Å². The van der Waals surface area contributed by atoms with Gasteiger partial charge in [0.15, 0.2) is 0 Å². The van der Waals surface area contributed by atoms with Gasteiger partial charge in [-0.15, -0.1) is 0 Å². The molecule has 1 heteroatoms. The Morgan fingerprint density at radius 3 is 2.08 bits per heavy atom. The Bertz CT molecular complexity index is 143. The number of hydrogen-bond acceptors (Lipinski definition) is 1. The van der Waals surface area contributed by atoms with E-state index in [9.17, 15) is 5.11 Å². The van der Waals surface area contributed by atoms with Crippen molar-refractivity contribution in [1.82, 2.24) is 0 Å². The molecule has 2 aliphatic rings. The Labute approximate surface area is 75.2 Å². The molecule has 2 atom stereocenters. The van der Waals surface area contributed by atoms with Crippen molar-refractivity contribution in [1.29, 1.82) is 0 Å². The van der Waals surface area contributed by atoms with Crippen molar-refractivity contribution in [2.75, 3.05) is 0 Å². The summed E-state index contributed by atoms with van der Waals surface area (Å²) < 4.78 is 0. The molecule has 2 saturated carbocycles. The molecule has 0 amide bonds. The van der Waals surface area contributed by atoms with Crippen LogP contribution in [0.4, 0.5) is 0 Å². The smallest absolute Gasteiger partial charge is 0.0596 e. The standard InChI is InChI=1S/C11H20O/c1-8(9-6-7-9)11(12)10-4-2-3-5-10/h8-12H,2-7H2,1H3. The maximum Gasteiger partial charge on any atom is 0.0596 e. The normalized spacial score (nSPS) is 30.5. The van der Waals surface area contributed by atoms with Gasteiger partial charge >= 0.3 is 0 Å². The second kappa shape index (κ2) is 3.37. The van der Waals surface area contributed by atoms with Crippen molar-refractivity contribution in [3.8, 4) is 0 Å². The first kappa shape index (κ1) is 8.55. The van der Waals surface area contributed by atoms with E-state index in [0.717, 1.165) is 5.92 Å². The van der Waals surface area contributed by atoms with Crippen LogP contribution in [0.3, 0.4) is 0 Å². The quantitative estimate of drug-likeness (QED) is 0.686. The zero-order chi connectivity index (χ0) is 8.55. The Balaban J connectivity index is 1.84. The highest BCUT2D eigenvalue weighted by atomic mass is 16.3. The van der Waals surface area contributed by atoms with Gasteiger partial charge in [0.1, 0.15) is 0 Å². The summed E-state index contributed by atoms with van der Waals surface area (Å²) in [5.74, 6) is 2.08. The Morgan fingerprint density at radius 2 is 1.58 bits per heavy atom. The van der Waals surface area contributed by atoms with Crippen molar-refractivity contribution in [2.24, 2.45) is 17.8 Å². The zero-order valence-electron chi connectivity index (χ0n) is 8.00. The van der Waals surface area contributed by atoms with Crippen LogP contribution in [-0.4, -0.2) is 11.2 Å². The average Bonchev–Trinajstić information content (AvgIpc) is 2.79. The molecule has 2 fully saturated rings. The van der Waals surface area contributed by atoms with Crippen LogP contribution in [0.15, 0.2) is 0 Å². The van der Waals surface area contributed by atoms with Gasteiger partial charge in [-0.25, -0.2) is 0 Å². The van der Waals surface area contributed by atoms with Gasteiger partial charge in [-0.1, -0.05) is 19.8 Å². The van der Waals surface area contributed by atoms with E-state index in [1.165, 1.54) is 38.5 Å². The van der Waals surface area contributed by atoms with Crippen LogP contribution in [-0.2, 0) is 0 Å². The molecule has 0 radical (unpaired) electrons. The van der Waals surface area contributed by atoms with Gasteiger partial charge in [0.2, 0.25) is 0 Å². The van der Waals surface area contributed by atoms with Gasteiger partial charge in [0.05, 0.1) is 6.10 Å². The van der Waals surface area contributed by atoms with E-state index < -0.39 is 0 Å². The fourth-order valence-electron chi connectivity index (χ4n) is 2.63. The molecular weight excluding hydrogens is 148 g/mol. The predicted octanol–water partition coefficient (Wildman–Crippen LogP) is 2.58. The summed E-state index contributed by atoms with van der Waals surface area (Å²) in [6.45, 7) is 2.24. The highest BCUT2D eigenvalue weighted by Crippen LogP contribution is 2.42. The summed E-state index contributed by atoms with van der Waals surface area (Å²) in [5.41, 5.74) is 0. The summed E-state index contributed by atoms with van der Waals surface area (Å²) in [5, 5.41) is 10.0. The summed E-state index contributed by atoms with van der Waals surface area (Å²) in [6.07, 6.45) is 7.99. The lowest BCUT2D eigenvalue weighted by Gasteiger charge is -2.24. The highest BCUT2D eigenvalue weighted by Gasteiger charge is 2.36. The molecule has 0 spiro atoms. The molecule has 0 aromatic carbocycles. The average molecular weight is 168 g/mol. The van der Waals surface area contributed by atoms with Gasteiger partial charge in [-0.3, -0.25) is 0 Å². The first-order chi connectivity index (χ1) is 5.79. The van der Waals surface area contributed by atoms with Crippen molar-refractivity contribution in [2.45, 2.75) is 51.6 Å². The van der Waals surface area contributed by atoms with Gasteiger partial charge in [-0.05, 0) is 43.4 Å². The number of aliphatic hydroxyl groups is 1. The molecule has 0 bridgehead atoms. The second-order valence-electron chi connectivity index (χ2n) is 4.73. The lowest BCUT2D eigenvalue weighted by molar-refractivity contribution is 0.0508. The van der Waals surface area contributed by atoms with Crippen LogP contribution in [0.5, 0.6) is 0 Å². The lowest BCUT2D eigenvalue weighted by atomic mass is 9.88. The minimum atomic E-state index is 0.0139. The summed E-state index contributed by atoms with van der Waals surface area (Å²) in [4.78, 5) is 0. The first-order valence-electron chi connectivity index (χ1n) is 5.47. The molecule has 0 aromatic heterocycles. The highest BCUT2D eigenvalue weighted by molar-refractivity contribution is 4.87. The maximum atomic E-state index is 10.0. The Hall–Kier alpha value is -0.0400. The van der Waals surface area contributed by atoms with Crippen molar-refractivity contribution in [3.05, 3.63) is 0 Å². The molecule has 2 unspecified atom stereocenters. The summed E-state index contributed by atoms with van der Waals surface area (Å²) in [7, 11) is 0. The van der Waals surface area contributed by atoms with Gasteiger partial charge in [0, 0.05) is 0 Å². The Kier molecular flexibility index (Phi) is 2.40. The van der Waals surface area contributed by atoms with E-state index in [1.54, 1.807) is 0 Å². The molecule has 1 N–H and O–H groups in total. The lowest BCUT2D eigenvalue weighted by Crippen LogP contribution is -2.26. The van der Waals surface area contributed by atoms with Crippen LogP contribution < -0.4 is 0 Å². The largest absolute Gasteiger partial charge is 0.393 e. The minimum absolute atomic E-state index is 0.0139. The molecule has 0 aliphatic heterocycles. The number of hydrogen-bond donors (Lipinski definition) is 1. The van der Waals surface area contributed by atoms with E-state index in [-0.39, 0.29) is 6.10 Å². The van der Waals surface area contributed by atoms with E-state index in [1.807, 2.05) is 0 Å². The molecule has 1 nitrogen and oxygen atoms in total. The van der Waals surface area contributed by atoms with E-state index in [2.05, 4.69) is 6.92 Å². The monoisotopic (exact) mass is 168 g/mol. The fraction of sp³-hybridized carbons (Fsp3) is 1.00. The summed E-state index contributed by atoms with van der Waals surface area (Å²) >= 11 is 0. The molecule has 0 heterocycles. The SMILES string of the molecule is CC(C1CC1)C(O)C1CCCC1. The molecule has 2 rings (SSSR count). The van der Waals surface area contributed by atoms with Crippen molar-refractivity contribution in [3.63, 3.8) is 0 Å². The van der Waals surface area contributed by atoms with E-state index in [4.69, 9.17) is 0 Å². The third-order valence-electron chi connectivity index (χ3n) is 3.79. The molecule has 0 saturated heterocycles. The van der Waals surface area contributed by atoms with Gasteiger partial charge in [0.25, 0.3) is 0 Å². The third-order valence-corrected chi connectivity index (χ3v) is 3.79. The third kappa shape index (κ3) is 1.66. The predicted molar refractivity (Wildman–Crippen MR) is 49.9 cm³/mol. The molecule has 2 aliphatic carbocycles. The van der Waals surface area contributed by atoms with Crippen LogP contribution in [0.2, 0.25) is 0 Å². The topological polar surface area (TPSA) is 20.2 Å². The molecule has 70 valence electrons. The molecule has 0 aromatic rings. The Morgan fingerprint density at radius 1 is 1.00 bits per heavy atom. The fourth-order valence-corrected chi connectivity index (χ4v) is 2.63. The number of aliphatic hydroxyl groups excluding tert-OH is 1. The van der Waals surface area contributed by atoms with E-state index >= 15 is 0 Å². The second-order valence-corrected chi connectivity index (χ2v) is 4.73. The van der Waals surface area contributed by atoms with Crippen LogP contribution in [0, 0.1) is 17.8 Å². The van der Waals surface area contributed by atoms with Gasteiger partial charge in [-0.2, -0.15) is 0 Å². The summed E-state index contributed by atoms with van der Waals surface area (Å²) in [6, 6.07) is 0. The van der Waals surface area contributed by atoms with Gasteiger partial charge < -0.3 is 5.11 Å². The maximum absolute atomic E-state index is 10.0. The van der Waals surface area contributed by atoms with Crippen LogP contribution >= 0.6 is 0 Å². The zero-order valence-corrected chi connectivity index (χ0v) is 8.00. The number of rotatable bonds is 3. The van der Waals surface area contributed by atoms with Crippen LogP contribution in [0.25, 0.3) is 0 Å². The molecular formula is C11H20O. The molecule has 12 heavy (non-hydrogen) atoms. The van der Waals surface area contributed by atoms with Crippen LogP contribution in [0.1, 0.15) is 45.4 Å². The van der Waals surface area contributed by atoms with Crippen molar-refractivity contribution < 1.29 is 5.11 Å².